The minimum Gasteiger partial charge on any atom is -0.377 e. The zero-order valence-corrected chi connectivity index (χ0v) is 15.8. The molecule has 9 nitrogen and oxygen atoms in total. The highest BCUT2D eigenvalue weighted by molar-refractivity contribution is 7.89. The third kappa shape index (κ3) is 3.60. The van der Waals surface area contributed by atoms with Crippen LogP contribution < -0.4 is 10.0 Å². The van der Waals surface area contributed by atoms with Crippen LogP contribution in [0.3, 0.4) is 0 Å². The summed E-state index contributed by atoms with van der Waals surface area (Å²) in [6, 6.07) is 4.34. The number of nitrogens with zero attached hydrogens (tertiary/aromatic N) is 3. The van der Waals surface area contributed by atoms with E-state index in [0.29, 0.717) is 43.1 Å². The fraction of sp³-hybridized carbons (Fsp3) is 0.471. The van der Waals surface area contributed by atoms with Crippen molar-refractivity contribution in [2.45, 2.75) is 49.8 Å². The number of hydrogen-bond acceptors (Lipinski definition) is 6. The van der Waals surface area contributed by atoms with Gasteiger partial charge in [-0.05, 0) is 43.0 Å². The molecule has 1 aromatic carbocycles. The van der Waals surface area contributed by atoms with Gasteiger partial charge in [-0.2, -0.15) is 5.10 Å². The summed E-state index contributed by atoms with van der Waals surface area (Å²) < 4.78 is 35.4. The van der Waals surface area contributed by atoms with Crippen LogP contribution in [0.25, 0.3) is 0 Å². The molecule has 3 heterocycles. The average molecular weight is 391 g/mol. The maximum atomic E-state index is 12.9. The van der Waals surface area contributed by atoms with Crippen molar-refractivity contribution in [1.29, 1.82) is 0 Å². The summed E-state index contributed by atoms with van der Waals surface area (Å²) in [5, 5.41) is 7.12. The van der Waals surface area contributed by atoms with E-state index in [2.05, 4.69) is 20.1 Å². The number of hydrogen-bond donors (Lipinski definition) is 2. The number of amides is 1. The zero-order chi connectivity index (χ0) is 19.0. The molecular formula is C17H21N5O4S. The van der Waals surface area contributed by atoms with E-state index in [9.17, 15) is 13.2 Å². The monoisotopic (exact) mass is 391 g/mol. The lowest BCUT2D eigenvalue weighted by molar-refractivity contribution is -0.116. The number of nitrogens with one attached hydrogen (secondary N) is 2. The zero-order valence-electron chi connectivity index (χ0n) is 14.9. The molecular weight excluding hydrogens is 370 g/mol. The highest BCUT2D eigenvalue weighted by Gasteiger charge is 2.29. The number of ether oxygens (including phenoxy) is 1. The minimum atomic E-state index is -3.73. The van der Waals surface area contributed by atoms with Gasteiger partial charge in [0.1, 0.15) is 12.4 Å². The third-order valence-corrected chi connectivity index (χ3v) is 6.24. The lowest BCUT2D eigenvalue weighted by Gasteiger charge is -2.23. The maximum Gasteiger partial charge on any atom is 0.241 e. The molecule has 0 aliphatic carbocycles. The lowest BCUT2D eigenvalue weighted by atomic mass is 10.0. The number of sulfonamides is 1. The van der Waals surface area contributed by atoms with Crippen LogP contribution in [0.4, 0.5) is 5.69 Å². The van der Waals surface area contributed by atoms with Crippen molar-refractivity contribution in [3.63, 3.8) is 0 Å². The van der Waals surface area contributed by atoms with Crippen LogP contribution in [-0.4, -0.2) is 36.2 Å². The summed E-state index contributed by atoms with van der Waals surface area (Å²) in [6.07, 6.45) is 2.36. The number of carbonyl (C=O) groups excluding carboxylic acids is 1. The predicted octanol–water partition coefficient (Wildman–Crippen LogP) is 1.12. The highest BCUT2D eigenvalue weighted by atomic mass is 32.2. The molecule has 0 unspecified atom stereocenters. The number of methoxy groups -OCH3 is 1. The molecule has 0 saturated heterocycles. The maximum absolute atomic E-state index is 12.9. The van der Waals surface area contributed by atoms with Gasteiger partial charge in [0, 0.05) is 25.8 Å². The summed E-state index contributed by atoms with van der Waals surface area (Å²) >= 11 is 0. The van der Waals surface area contributed by atoms with Gasteiger partial charge in [-0.1, -0.05) is 0 Å². The molecule has 1 aromatic heterocycles. The molecule has 1 atom stereocenters. The fourth-order valence-corrected chi connectivity index (χ4v) is 4.76. The third-order valence-electron chi connectivity index (χ3n) is 4.77. The van der Waals surface area contributed by atoms with Crippen molar-refractivity contribution in [1.82, 2.24) is 19.5 Å². The second-order valence-corrected chi connectivity index (χ2v) is 8.44. The van der Waals surface area contributed by atoms with Crippen LogP contribution in [0.2, 0.25) is 0 Å². The van der Waals surface area contributed by atoms with Gasteiger partial charge in [-0.3, -0.25) is 4.79 Å². The second kappa shape index (κ2) is 7.02. The minimum absolute atomic E-state index is 0.0513. The molecule has 0 spiro atoms. The van der Waals surface area contributed by atoms with Crippen LogP contribution in [0.1, 0.15) is 42.5 Å². The molecule has 2 aliphatic heterocycles. The molecule has 0 radical (unpaired) electrons. The van der Waals surface area contributed by atoms with Gasteiger partial charge < -0.3 is 10.1 Å². The van der Waals surface area contributed by atoms with E-state index in [1.165, 1.54) is 6.07 Å². The Labute approximate surface area is 157 Å². The molecule has 4 rings (SSSR count). The summed E-state index contributed by atoms with van der Waals surface area (Å²) in [5.74, 6) is 1.11. The van der Waals surface area contributed by atoms with Gasteiger partial charge in [0.25, 0.3) is 0 Å². The van der Waals surface area contributed by atoms with E-state index in [4.69, 9.17) is 4.74 Å². The Balaban J connectivity index is 1.59. The highest BCUT2D eigenvalue weighted by Crippen LogP contribution is 2.28. The van der Waals surface area contributed by atoms with E-state index < -0.39 is 16.1 Å². The average Bonchev–Trinajstić information content (AvgIpc) is 3.05. The Hall–Kier alpha value is -2.30. The number of aryl methyl sites for hydroxylation is 2. The van der Waals surface area contributed by atoms with Gasteiger partial charge in [0.05, 0.1) is 10.9 Å². The van der Waals surface area contributed by atoms with E-state index >= 15 is 0 Å². The van der Waals surface area contributed by atoms with Crippen molar-refractivity contribution >= 4 is 21.6 Å². The Kier molecular flexibility index (Phi) is 4.70. The number of aromatic nitrogens is 3. The molecule has 2 aliphatic rings. The number of anilines is 1. The summed E-state index contributed by atoms with van der Waals surface area (Å²) in [5.41, 5.74) is 1.50. The first-order valence-corrected chi connectivity index (χ1v) is 10.3. The number of benzene rings is 1. The SMILES string of the molecule is COCc1nc2n(n1)CCC[C@H]2NS(=O)(=O)c1ccc2c(c1)CCC(=O)N2. The first-order chi connectivity index (χ1) is 13.0. The van der Waals surface area contributed by atoms with Gasteiger partial charge in [-0.15, -0.1) is 0 Å². The molecule has 1 amide bonds. The number of carbonyl (C=O) groups is 1. The van der Waals surface area contributed by atoms with Gasteiger partial charge >= 0.3 is 0 Å². The Morgan fingerprint density at radius 3 is 3.04 bits per heavy atom. The van der Waals surface area contributed by atoms with Crippen molar-refractivity contribution in [3.05, 3.63) is 35.4 Å². The van der Waals surface area contributed by atoms with Gasteiger partial charge in [-0.25, -0.2) is 22.8 Å². The van der Waals surface area contributed by atoms with E-state index in [0.717, 1.165) is 12.0 Å². The molecule has 0 fully saturated rings. The van der Waals surface area contributed by atoms with Gasteiger partial charge in [0.2, 0.25) is 15.9 Å². The van der Waals surface area contributed by atoms with Crippen molar-refractivity contribution in [2.75, 3.05) is 12.4 Å². The Morgan fingerprint density at radius 2 is 2.22 bits per heavy atom. The first kappa shape index (κ1) is 18.1. The molecule has 0 saturated carbocycles. The van der Waals surface area contributed by atoms with Gasteiger partial charge in [0.15, 0.2) is 5.82 Å². The van der Waals surface area contributed by atoms with Crippen LogP contribution >= 0.6 is 0 Å². The van der Waals surface area contributed by atoms with E-state index in [-0.39, 0.29) is 17.4 Å². The van der Waals surface area contributed by atoms with Crippen LogP contribution in [0.5, 0.6) is 0 Å². The second-order valence-electron chi connectivity index (χ2n) is 6.73. The largest absolute Gasteiger partial charge is 0.377 e. The molecule has 10 heteroatoms. The number of rotatable bonds is 5. The first-order valence-electron chi connectivity index (χ1n) is 8.84. The molecule has 144 valence electrons. The van der Waals surface area contributed by atoms with Crippen molar-refractivity contribution < 1.29 is 17.9 Å². The summed E-state index contributed by atoms with van der Waals surface area (Å²) in [6.45, 7) is 0.999. The normalized spacial score (nSPS) is 19.3. The topological polar surface area (TPSA) is 115 Å². The van der Waals surface area contributed by atoms with Crippen LogP contribution in [0.15, 0.2) is 23.1 Å². The molecule has 27 heavy (non-hydrogen) atoms. The summed E-state index contributed by atoms with van der Waals surface area (Å²) in [7, 11) is -2.16. The smallest absolute Gasteiger partial charge is 0.241 e. The van der Waals surface area contributed by atoms with Crippen molar-refractivity contribution in [2.24, 2.45) is 0 Å². The van der Waals surface area contributed by atoms with Crippen molar-refractivity contribution in [3.8, 4) is 0 Å². The summed E-state index contributed by atoms with van der Waals surface area (Å²) in [4.78, 5) is 16.1. The van der Waals surface area contributed by atoms with E-state index in [1.807, 2.05) is 0 Å². The number of fused-ring (bicyclic) bond motifs is 2. The van der Waals surface area contributed by atoms with Crippen LogP contribution in [0, 0.1) is 0 Å². The Bertz CT molecular complexity index is 985. The predicted molar refractivity (Wildman–Crippen MR) is 96.4 cm³/mol. The van der Waals surface area contributed by atoms with Crippen LogP contribution in [-0.2, 0) is 39.1 Å². The lowest BCUT2D eigenvalue weighted by Crippen LogP contribution is -2.33. The standard InChI is InChI=1S/C17H21N5O4S/c1-26-10-15-19-17-14(3-2-8-22(17)20-15)21-27(24,25)12-5-6-13-11(9-12)4-7-16(23)18-13/h5-6,9,14,21H,2-4,7-8,10H2,1H3,(H,18,23)/t14-/m1/s1. The molecule has 2 aromatic rings. The molecule has 0 bridgehead atoms. The quantitative estimate of drug-likeness (QED) is 0.789. The van der Waals surface area contributed by atoms with E-state index in [1.54, 1.807) is 23.9 Å². The fourth-order valence-electron chi connectivity index (χ4n) is 3.48. The molecule has 2 N–H and O–H groups in total. The Morgan fingerprint density at radius 1 is 1.37 bits per heavy atom.